The highest BCUT2D eigenvalue weighted by molar-refractivity contribution is 6.31. The van der Waals surface area contributed by atoms with Crippen LogP contribution < -0.4 is 5.32 Å². The van der Waals surface area contributed by atoms with E-state index in [0.29, 0.717) is 10.6 Å². The first kappa shape index (κ1) is 13.5. The van der Waals surface area contributed by atoms with Crippen molar-refractivity contribution in [2.45, 2.75) is 19.9 Å². The number of nitrogens with one attached hydrogen (secondary N) is 1. The molecule has 0 spiro atoms. The summed E-state index contributed by atoms with van der Waals surface area (Å²) in [5.41, 5.74) is 3.95. The summed E-state index contributed by atoms with van der Waals surface area (Å²) in [7, 11) is 0. The van der Waals surface area contributed by atoms with Gasteiger partial charge in [0.05, 0.1) is 10.6 Å². The quantitative estimate of drug-likeness (QED) is 0.895. The van der Waals surface area contributed by atoms with Crippen molar-refractivity contribution < 1.29 is 0 Å². The lowest BCUT2D eigenvalue weighted by molar-refractivity contribution is 1.11. The van der Waals surface area contributed by atoms with Crippen LogP contribution in [0.25, 0.3) is 0 Å². The standard InChI is InChI=1S/C16H15ClN2/c1-2-12-3-5-13(6-4-12)11-19-15-7-8-16(17)14(9-15)10-18/h3-9,19H,2,11H2,1H3. The summed E-state index contributed by atoms with van der Waals surface area (Å²) >= 11 is 5.90. The second-order valence-corrected chi connectivity index (χ2v) is 4.74. The smallest absolute Gasteiger partial charge is 0.101 e. The minimum Gasteiger partial charge on any atom is -0.381 e. The van der Waals surface area contributed by atoms with Crippen LogP contribution >= 0.6 is 11.6 Å². The van der Waals surface area contributed by atoms with E-state index >= 15 is 0 Å². The monoisotopic (exact) mass is 270 g/mol. The minimum absolute atomic E-state index is 0.486. The zero-order chi connectivity index (χ0) is 13.7. The molecule has 1 N–H and O–H groups in total. The molecule has 0 aliphatic carbocycles. The highest BCUT2D eigenvalue weighted by atomic mass is 35.5. The largest absolute Gasteiger partial charge is 0.381 e. The van der Waals surface area contributed by atoms with Crippen LogP contribution in [-0.4, -0.2) is 0 Å². The van der Waals surface area contributed by atoms with Crippen molar-refractivity contribution >= 4 is 17.3 Å². The maximum atomic E-state index is 8.92. The van der Waals surface area contributed by atoms with Crippen LogP contribution in [0, 0.1) is 11.3 Å². The van der Waals surface area contributed by atoms with Gasteiger partial charge >= 0.3 is 0 Å². The van der Waals surface area contributed by atoms with E-state index in [0.717, 1.165) is 18.7 Å². The molecule has 0 aliphatic rings. The molecule has 0 saturated carbocycles. The Bertz CT molecular complexity index is 597. The summed E-state index contributed by atoms with van der Waals surface area (Å²) in [6, 6.07) is 16.0. The first-order chi connectivity index (χ1) is 9.22. The van der Waals surface area contributed by atoms with Crippen LogP contribution in [0.15, 0.2) is 42.5 Å². The number of halogens is 1. The van der Waals surface area contributed by atoms with E-state index in [4.69, 9.17) is 16.9 Å². The maximum Gasteiger partial charge on any atom is 0.101 e. The SMILES string of the molecule is CCc1ccc(CNc2ccc(Cl)c(C#N)c2)cc1. The molecule has 96 valence electrons. The second-order valence-electron chi connectivity index (χ2n) is 4.33. The van der Waals surface area contributed by atoms with E-state index in [1.165, 1.54) is 11.1 Å². The topological polar surface area (TPSA) is 35.8 Å². The van der Waals surface area contributed by atoms with E-state index in [9.17, 15) is 0 Å². The minimum atomic E-state index is 0.486. The molecule has 2 aromatic carbocycles. The molecule has 0 heterocycles. The molecule has 3 heteroatoms. The van der Waals surface area contributed by atoms with Gasteiger partial charge in [0.25, 0.3) is 0 Å². The summed E-state index contributed by atoms with van der Waals surface area (Å²) in [6.45, 7) is 2.88. The van der Waals surface area contributed by atoms with Gasteiger partial charge in [0.15, 0.2) is 0 Å². The molecule has 0 amide bonds. The lowest BCUT2D eigenvalue weighted by Gasteiger charge is -2.08. The predicted octanol–water partition coefficient (Wildman–Crippen LogP) is 4.39. The average molecular weight is 271 g/mol. The van der Waals surface area contributed by atoms with E-state index < -0.39 is 0 Å². The van der Waals surface area contributed by atoms with Crippen LogP contribution in [0.5, 0.6) is 0 Å². The van der Waals surface area contributed by atoms with Gasteiger partial charge in [-0.25, -0.2) is 0 Å². The molecule has 0 fully saturated rings. The summed E-state index contributed by atoms with van der Waals surface area (Å²) in [5, 5.41) is 12.7. The molecule has 2 aromatic rings. The highest BCUT2D eigenvalue weighted by Crippen LogP contribution is 2.20. The van der Waals surface area contributed by atoms with E-state index in [1.807, 2.05) is 6.07 Å². The molecular formula is C16H15ClN2. The lowest BCUT2D eigenvalue weighted by Crippen LogP contribution is -1.99. The van der Waals surface area contributed by atoms with E-state index in [-0.39, 0.29) is 0 Å². The Hall–Kier alpha value is -1.98. The normalized spacial score (nSPS) is 9.95. The fourth-order valence-electron chi connectivity index (χ4n) is 1.82. The Morgan fingerprint density at radius 1 is 1.11 bits per heavy atom. The third kappa shape index (κ3) is 3.49. The molecular weight excluding hydrogens is 256 g/mol. The number of nitriles is 1. The van der Waals surface area contributed by atoms with Crippen LogP contribution in [0.3, 0.4) is 0 Å². The zero-order valence-electron chi connectivity index (χ0n) is 10.8. The third-order valence-electron chi connectivity index (χ3n) is 3.01. The Morgan fingerprint density at radius 2 is 1.79 bits per heavy atom. The Balaban J connectivity index is 2.04. The van der Waals surface area contributed by atoms with E-state index in [1.54, 1.807) is 12.1 Å². The Labute approximate surface area is 118 Å². The fourth-order valence-corrected chi connectivity index (χ4v) is 1.98. The van der Waals surface area contributed by atoms with Gasteiger partial charge in [-0.3, -0.25) is 0 Å². The van der Waals surface area contributed by atoms with Crippen molar-refractivity contribution in [2.24, 2.45) is 0 Å². The predicted molar refractivity (Wildman–Crippen MR) is 79.3 cm³/mol. The molecule has 2 nitrogen and oxygen atoms in total. The summed E-state index contributed by atoms with van der Waals surface area (Å²) in [4.78, 5) is 0. The van der Waals surface area contributed by atoms with Gasteiger partial charge in [0.2, 0.25) is 0 Å². The first-order valence-electron chi connectivity index (χ1n) is 6.24. The number of benzene rings is 2. The third-order valence-corrected chi connectivity index (χ3v) is 3.34. The van der Waals surface area contributed by atoms with E-state index in [2.05, 4.69) is 42.6 Å². The maximum absolute atomic E-state index is 8.92. The number of aryl methyl sites for hydroxylation is 1. The van der Waals surface area contributed by atoms with Gasteiger partial charge in [-0.05, 0) is 35.7 Å². The summed E-state index contributed by atoms with van der Waals surface area (Å²) in [5.74, 6) is 0. The molecule has 19 heavy (non-hydrogen) atoms. The number of nitrogens with zero attached hydrogens (tertiary/aromatic N) is 1. The Kier molecular flexibility index (Phi) is 4.43. The number of hydrogen-bond donors (Lipinski definition) is 1. The second kappa shape index (κ2) is 6.26. The Morgan fingerprint density at radius 3 is 2.42 bits per heavy atom. The molecule has 0 radical (unpaired) electrons. The number of hydrogen-bond acceptors (Lipinski definition) is 2. The summed E-state index contributed by atoms with van der Waals surface area (Å²) < 4.78 is 0. The molecule has 0 unspecified atom stereocenters. The van der Waals surface area contributed by atoms with Gasteiger partial charge in [-0.1, -0.05) is 42.8 Å². The van der Waals surface area contributed by atoms with Crippen LogP contribution in [0.4, 0.5) is 5.69 Å². The average Bonchev–Trinajstić information content (AvgIpc) is 2.47. The summed E-state index contributed by atoms with van der Waals surface area (Å²) in [6.07, 6.45) is 1.05. The van der Waals surface area contributed by atoms with Crippen LogP contribution in [0.1, 0.15) is 23.6 Å². The number of anilines is 1. The fraction of sp³-hybridized carbons (Fsp3) is 0.188. The highest BCUT2D eigenvalue weighted by Gasteiger charge is 2.01. The number of rotatable bonds is 4. The molecule has 0 aromatic heterocycles. The lowest BCUT2D eigenvalue weighted by atomic mass is 10.1. The van der Waals surface area contributed by atoms with Crippen molar-refractivity contribution in [1.82, 2.24) is 0 Å². The van der Waals surface area contributed by atoms with Crippen LogP contribution in [-0.2, 0) is 13.0 Å². The van der Waals surface area contributed by atoms with Gasteiger partial charge in [-0.15, -0.1) is 0 Å². The molecule has 0 aliphatic heterocycles. The molecule has 2 rings (SSSR count). The first-order valence-corrected chi connectivity index (χ1v) is 6.62. The van der Waals surface area contributed by atoms with Crippen molar-refractivity contribution in [3.05, 3.63) is 64.2 Å². The van der Waals surface area contributed by atoms with Gasteiger partial charge in [0, 0.05) is 12.2 Å². The zero-order valence-corrected chi connectivity index (χ0v) is 11.5. The molecule has 0 atom stereocenters. The molecule has 0 bridgehead atoms. The van der Waals surface area contributed by atoms with Crippen molar-refractivity contribution in [3.63, 3.8) is 0 Å². The van der Waals surface area contributed by atoms with Crippen molar-refractivity contribution in [1.29, 1.82) is 5.26 Å². The van der Waals surface area contributed by atoms with Crippen molar-refractivity contribution in [3.8, 4) is 6.07 Å². The van der Waals surface area contributed by atoms with Crippen LogP contribution in [0.2, 0.25) is 5.02 Å². The van der Waals surface area contributed by atoms with Gasteiger partial charge in [0.1, 0.15) is 6.07 Å². The van der Waals surface area contributed by atoms with Crippen molar-refractivity contribution in [2.75, 3.05) is 5.32 Å². The van der Waals surface area contributed by atoms with Gasteiger partial charge < -0.3 is 5.32 Å². The van der Waals surface area contributed by atoms with Gasteiger partial charge in [-0.2, -0.15) is 5.26 Å². The molecule has 0 saturated heterocycles.